The van der Waals surface area contributed by atoms with E-state index in [2.05, 4.69) is 0 Å². The van der Waals surface area contributed by atoms with Crippen LogP contribution in [0.1, 0.15) is 19.3 Å². The van der Waals surface area contributed by atoms with Crippen molar-refractivity contribution in [1.82, 2.24) is 0 Å². The minimum atomic E-state index is -2.78. The number of hydrogen-bond donors (Lipinski definition) is 0. The average molecular weight is 298 g/mol. The predicted molar refractivity (Wildman–Crippen MR) is 87.0 cm³/mol. The molecule has 1 aliphatic rings. The summed E-state index contributed by atoms with van der Waals surface area (Å²) >= 11 is 0. The number of carbonyl (C=O) groups excluding carboxylic acids is 1. The molecule has 0 aliphatic heterocycles. The van der Waals surface area contributed by atoms with E-state index in [0.717, 1.165) is 36.2 Å². The van der Waals surface area contributed by atoms with Crippen LogP contribution in [0.5, 0.6) is 0 Å². The summed E-state index contributed by atoms with van der Waals surface area (Å²) in [7, 11) is -2.78. The molecular weight excluding hydrogens is 279 g/mol. The minimum Gasteiger partial charge on any atom is -0.313 e. The van der Waals surface area contributed by atoms with Gasteiger partial charge in [-0.3, -0.25) is 0 Å². The molecule has 0 unspecified atom stereocenters. The fraction of sp³-hybridized carbons (Fsp3) is 0.278. The lowest BCUT2D eigenvalue weighted by molar-refractivity contribution is -0.110. The first-order valence-electron chi connectivity index (χ1n) is 7.43. The lowest BCUT2D eigenvalue weighted by atomic mass is 10.1. The van der Waals surface area contributed by atoms with Gasteiger partial charge in [-0.2, -0.15) is 0 Å². The zero-order valence-electron chi connectivity index (χ0n) is 11.9. The molecule has 0 amide bonds. The number of rotatable bonds is 4. The molecule has 21 heavy (non-hydrogen) atoms. The molecular formula is C18H19O2P. The third-order valence-electron chi connectivity index (χ3n) is 4.45. The van der Waals surface area contributed by atoms with Crippen molar-refractivity contribution < 1.29 is 9.36 Å². The highest BCUT2D eigenvalue weighted by atomic mass is 31.2. The van der Waals surface area contributed by atoms with Crippen LogP contribution in [0.4, 0.5) is 0 Å². The Morgan fingerprint density at radius 2 is 1.38 bits per heavy atom. The Morgan fingerprint density at radius 1 is 0.857 bits per heavy atom. The molecule has 0 aromatic heterocycles. The second kappa shape index (κ2) is 5.99. The van der Waals surface area contributed by atoms with E-state index in [4.69, 9.17) is 0 Å². The van der Waals surface area contributed by atoms with Crippen molar-refractivity contribution in [1.29, 1.82) is 0 Å². The molecule has 108 valence electrons. The number of benzene rings is 2. The van der Waals surface area contributed by atoms with Crippen molar-refractivity contribution in [2.75, 3.05) is 0 Å². The summed E-state index contributed by atoms with van der Waals surface area (Å²) in [6.07, 6.45) is 3.72. The Morgan fingerprint density at radius 3 is 1.86 bits per heavy atom. The molecule has 0 saturated heterocycles. The third-order valence-corrected chi connectivity index (χ3v) is 8.16. The molecule has 0 radical (unpaired) electrons. The van der Waals surface area contributed by atoms with Crippen LogP contribution in [-0.2, 0) is 9.36 Å². The van der Waals surface area contributed by atoms with E-state index in [9.17, 15) is 9.36 Å². The minimum absolute atomic E-state index is 0.0557. The molecule has 3 heteroatoms. The van der Waals surface area contributed by atoms with Crippen LogP contribution in [0.15, 0.2) is 60.7 Å². The lowest BCUT2D eigenvalue weighted by Gasteiger charge is -2.28. The first kappa shape index (κ1) is 14.3. The molecule has 0 heterocycles. The van der Waals surface area contributed by atoms with Gasteiger partial charge >= 0.3 is 0 Å². The van der Waals surface area contributed by atoms with Crippen LogP contribution in [0.2, 0.25) is 0 Å². The highest BCUT2D eigenvalue weighted by molar-refractivity contribution is 7.79. The molecule has 1 aliphatic carbocycles. The Hall–Kier alpha value is -1.66. The van der Waals surface area contributed by atoms with E-state index in [-0.39, 0.29) is 11.6 Å². The van der Waals surface area contributed by atoms with Gasteiger partial charge in [0.1, 0.15) is 13.4 Å². The molecule has 0 N–H and O–H groups in total. The van der Waals surface area contributed by atoms with E-state index < -0.39 is 7.14 Å². The van der Waals surface area contributed by atoms with Crippen LogP contribution in [0.25, 0.3) is 0 Å². The van der Waals surface area contributed by atoms with Gasteiger partial charge in [0.05, 0.1) is 0 Å². The molecule has 2 nitrogen and oxygen atoms in total. The molecule has 2 aromatic carbocycles. The van der Waals surface area contributed by atoms with Gasteiger partial charge in [-0.15, -0.1) is 0 Å². The summed E-state index contributed by atoms with van der Waals surface area (Å²) in [6, 6.07) is 19.3. The van der Waals surface area contributed by atoms with E-state index >= 15 is 0 Å². The Bertz CT molecular complexity index is 608. The summed E-state index contributed by atoms with van der Waals surface area (Å²) in [5.41, 5.74) is -0.0557. The third kappa shape index (κ3) is 2.49. The van der Waals surface area contributed by atoms with Gasteiger partial charge in [-0.1, -0.05) is 67.1 Å². The van der Waals surface area contributed by atoms with Crippen molar-refractivity contribution in [3.05, 3.63) is 60.7 Å². The highest BCUT2D eigenvalue weighted by Gasteiger charge is 2.43. The molecule has 1 saturated carbocycles. The normalized spacial score (nSPS) is 22.1. The van der Waals surface area contributed by atoms with Gasteiger partial charge in [-0.05, 0) is 12.8 Å². The fourth-order valence-electron chi connectivity index (χ4n) is 3.41. The maximum Gasteiger partial charge on any atom is 0.146 e. The summed E-state index contributed by atoms with van der Waals surface area (Å²) < 4.78 is 14.0. The molecule has 0 spiro atoms. The van der Waals surface area contributed by atoms with Gasteiger partial charge in [0, 0.05) is 22.2 Å². The van der Waals surface area contributed by atoms with Crippen LogP contribution in [-0.4, -0.2) is 11.9 Å². The van der Waals surface area contributed by atoms with E-state index in [0.29, 0.717) is 0 Å². The zero-order chi connectivity index (χ0) is 14.7. The summed E-state index contributed by atoms with van der Waals surface area (Å²) in [5, 5.41) is 1.74. The largest absolute Gasteiger partial charge is 0.313 e. The summed E-state index contributed by atoms with van der Waals surface area (Å²) in [6.45, 7) is 0. The van der Waals surface area contributed by atoms with Gasteiger partial charge in [0.2, 0.25) is 0 Å². The van der Waals surface area contributed by atoms with E-state index in [1.807, 2.05) is 60.7 Å². The monoisotopic (exact) mass is 298 g/mol. The Labute approximate surface area is 125 Å². The van der Waals surface area contributed by atoms with E-state index in [1.165, 1.54) is 0 Å². The standard InChI is InChI=1S/C18H19O2P/c19-14-15-8-7-13-18(15)21(20,16-9-3-1-4-10-16)17-11-5-2-6-12-17/h1-6,9-12,14-15,18H,7-8,13H2/t15-,18+/m0/s1. The predicted octanol–water partition coefficient (Wildman–Crippen LogP) is 3.37. The van der Waals surface area contributed by atoms with Crippen molar-refractivity contribution in [2.24, 2.45) is 5.92 Å². The Balaban J connectivity index is 2.16. The van der Waals surface area contributed by atoms with Crippen LogP contribution in [0, 0.1) is 5.92 Å². The maximum absolute atomic E-state index is 14.0. The van der Waals surface area contributed by atoms with Gasteiger partial charge in [0.15, 0.2) is 0 Å². The Kier molecular flexibility index (Phi) is 4.07. The maximum atomic E-state index is 14.0. The van der Waals surface area contributed by atoms with Crippen molar-refractivity contribution in [2.45, 2.75) is 24.9 Å². The molecule has 2 atom stereocenters. The SMILES string of the molecule is O=C[C@@H]1CCC[C@H]1P(=O)(c1ccccc1)c1ccccc1. The average Bonchev–Trinajstić information content (AvgIpc) is 3.05. The second-order valence-corrected chi connectivity index (χ2v) is 8.64. The first-order chi connectivity index (χ1) is 10.3. The second-order valence-electron chi connectivity index (χ2n) is 5.63. The summed E-state index contributed by atoms with van der Waals surface area (Å²) in [4.78, 5) is 11.4. The quantitative estimate of drug-likeness (QED) is 0.640. The lowest BCUT2D eigenvalue weighted by Crippen LogP contribution is -2.29. The number of carbonyl (C=O) groups is 1. The van der Waals surface area contributed by atoms with Crippen molar-refractivity contribution in [3.63, 3.8) is 0 Å². The highest BCUT2D eigenvalue weighted by Crippen LogP contribution is 2.56. The number of aldehydes is 1. The first-order valence-corrected chi connectivity index (χ1v) is 9.20. The van der Waals surface area contributed by atoms with E-state index in [1.54, 1.807) is 0 Å². The van der Waals surface area contributed by atoms with Crippen LogP contribution >= 0.6 is 7.14 Å². The smallest absolute Gasteiger partial charge is 0.146 e. The fourth-order valence-corrected chi connectivity index (χ4v) is 7.01. The molecule has 0 bridgehead atoms. The molecule has 2 aromatic rings. The van der Waals surface area contributed by atoms with Gasteiger partial charge in [-0.25, -0.2) is 0 Å². The molecule has 3 rings (SSSR count). The number of hydrogen-bond acceptors (Lipinski definition) is 2. The van der Waals surface area contributed by atoms with Crippen molar-refractivity contribution >= 4 is 24.0 Å². The van der Waals surface area contributed by atoms with Gasteiger partial charge < -0.3 is 9.36 Å². The van der Waals surface area contributed by atoms with Crippen LogP contribution < -0.4 is 10.6 Å². The van der Waals surface area contributed by atoms with Crippen molar-refractivity contribution in [3.8, 4) is 0 Å². The van der Waals surface area contributed by atoms with Crippen LogP contribution in [0.3, 0.4) is 0 Å². The van der Waals surface area contributed by atoms with Gasteiger partial charge in [0.25, 0.3) is 0 Å². The zero-order valence-corrected chi connectivity index (χ0v) is 12.8. The topological polar surface area (TPSA) is 34.1 Å². The summed E-state index contributed by atoms with van der Waals surface area (Å²) in [5.74, 6) is -0.0868. The molecule has 1 fully saturated rings.